The van der Waals surface area contributed by atoms with Crippen molar-refractivity contribution in [2.75, 3.05) is 13.1 Å². The number of hydrogen-bond donors (Lipinski definition) is 0. The van der Waals surface area contributed by atoms with Gasteiger partial charge >= 0.3 is 0 Å². The van der Waals surface area contributed by atoms with Crippen molar-refractivity contribution in [2.45, 2.75) is 44.9 Å². The maximum atomic E-state index is 12.4. The Kier molecular flexibility index (Phi) is 4.87. The number of alkyl halides is 1. The molecule has 2 nitrogen and oxygen atoms in total. The molecule has 1 heterocycles. The zero-order valence-electron chi connectivity index (χ0n) is 11.8. The Hall–Kier alpha value is -1.02. The number of likely N-dealkylation sites (tertiary alicyclic amines) is 1. The van der Waals surface area contributed by atoms with Crippen molar-refractivity contribution in [2.24, 2.45) is 0 Å². The number of carbonyl (C=O) groups excluding carboxylic acids is 1. The molecule has 1 aromatic rings. The van der Waals surface area contributed by atoms with Crippen LogP contribution in [-0.4, -0.2) is 23.9 Å². The predicted octanol–water partition coefficient (Wildman–Crippen LogP) is 3.99. The number of benzene rings is 1. The summed E-state index contributed by atoms with van der Waals surface area (Å²) in [7, 11) is 0. The van der Waals surface area contributed by atoms with E-state index < -0.39 is 5.38 Å². The molecule has 1 amide bonds. The normalized spacial score (nSPS) is 17.9. The van der Waals surface area contributed by atoms with E-state index >= 15 is 0 Å². The molecule has 1 atom stereocenters. The van der Waals surface area contributed by atoms with Crippen molar-refractivity contribution in [3.8, 4) is 0 Å². The lowest BCUT2D eigenvalue weighted by atomic mass is 10.0. The van der Waals surface area contributed by atoms with E-state index in [0.717, 1.165) is 31.5 Å². The summed E-state index contributed by atoms with van der Waals surface area (Å²) >= 11 is 6.38. The molecular formula is C16H22ClNO. The molecule has 1 saturated heterocycles. The molecule has 0 aliphatic carbocycles. The van der Waals surface area contributed by atoms with Gasteiger partial charge < -0.3 is 4.90 Å². The van der Waals surface area contributed by atoms with Crippen LogP contribution in [0.2, 0.25) is 0 Å². The minimum atomic E-state index is -0.544. The summed E-state index contributed by atoms with van der Waals surface area (Å²) in [5, 5.41) is -0.544. The molecule has 104 valence electrons. The number of nitrogens with zero attached hydrogens (tertiary/aromatic N) is 1. The first-order valence-electron chi connectivity index (χ1n) is 7.09. The summed E-state index contributed by atoms with van der Waals surface area (Å²) in [5.41, 5.74) is 3.33. The van der Waals surface area contributed by atoms with Gasteiger partial charge in [0.15, 0.2) is 0 Å². The van der Waals surface area contributed by atoms with Gasteiger partial charge in [-0.05, 0) is 43.4 Å². The van der Waals surface area contributed by atoms with Gasteiger partial charge in [0, 0.05) is 13.1 Å². The van der Waals surface area contributed by atoms with Crippen LogP contribution in [0.15, 0.2) is 18.2 Å². The molecule has 1 aliphatic rings. The minimum Gasteiger partial charge on any atom is -0.341 e. The lowest BCUT2D eigenvalue weighted by Crippen LogP contribution is -2.34. The highest BCUT2D eigenvalue weighted by Crippen LogP contribution is 2.26. The van der Waals surface area contributed by atoms with Crippen molar-refractivity contribution in [1.29, 1.82) is 0 Å². The van der Waals surface area contributed by atoms with Gasteiger partial charge in [-0.1, -0.05) is 31.0 Å². The second-order valence-electron chi connectivity index (χ2n) is 5.45. The number of aryl methyl sites for hydroxylation is 2. The van der Waals surface area contributed by atoms with Gasteiger partial charge in [0.1, 0.15) is 5.38 Å². The molecule has 19 heavy (non-hydrogen) atoms. The maximum Gasteiger partial charge on any atom is 0.245 e. The topological polar surface area (TPSA) is 20.3 Å². The van der Waals surface area contributed by atoms with Crippen LogP contribution in [0.4, 0.5) is 0 Å². The first-order valence-corrected chi connectivity index (χ1v) is 7.53. The quantitative estimate of drug-likeness (QED) is 0.750. The fraction of sp³-hybridized carbons (Fsp3) is 0.562. The third kappa shape index (κ3) is 3.50. The van der Waals surface area contributed by atoms with Crippen LogP contribution < -0.4 is 0 Å². The van der Waals surface area contributed by atoms with Crippen LogP contribution in [0.5, 0.6) is 0 Å². The summed E-state index contributed by atoms with van der Waals surface area (Å²) in [6, 6.07) is 6.04. The van der Waals surface area contributed by atoms with Crippen molar-refractivity contribution in [3.05, 3.63) is 34.9 Å². The average Bonchev–Trinajstić information content (AvgIpc) is 2.69. The van der Waals surface area contributed by atoms with Gasteiger partial charge in [-0.3, -0.25) is 4.79 Å². The van der Waals surface area contributed by atoms with E-state index in [1.807, 2.05) is 23.1 Å². The van der Waals surface area contributed by atoms with Crippen LogP contribution in [0.3, 0.4) is 0 Å². The minimum absolute atomic E-state index is 0.0619. The standard InChI is InChI=1S/C16H22ClNO/c1-12-7-8-14(11-13(12)2)15(17)16(19)18-9-5-3-4-6-10-18/h7-8,11,15H,3-6,9-10H2,1-2H3. The second kappa shape index (κ2) is 6.42. The fourth-order valence-electron chi connectivity index (χ4n) is 2.52. The van der Waals surface area contributed by atoms with Gasteiger partial charge in [-0.2, -0.15) is 0 Å². The Bertz CT molecular complexity index is 450. The van der Waals surface area contributed by atoms with Gasteiger partial charge in [0.05, 0.1) is 0 Å². The molecule has 1 aliphatic heterocycles. The lowest BCUT2D eigenvalue weighted by Gasteiger charge is -2.23. The Morgan fingerprint density at radius 1 is 1.11 bits per heavy atom. The summed E-state index contributed by atoms with van der Waals surface area (Å²) in [6.45, 7) is 5.83. The molecule has 1 unspecified atom stereocenters. The highest BCUT2D eigenvalue weighted by Gasteiger charge is 2.24. The molecule has 2 rings (SSSR count). The largest absolute Gasteiger partial charge is 0.341 e. The van der Waals surface area contributed by atoms with Crippen LogP contribution in [0.25, 0.3) is 0 Å². The third-order valence-electron chi connectivity index (χ3n) is 3.96. The van der Waals surface area contributed by atoms with E-state index in [2.05, 4.69) is 13.8 Å². The van der Waals surface area contributed by atoms with E-state index in [9.17, 15) is 4.79 Å². The molecule has 1 aromatic carbocycles. The smallest absolute Gasteiger partial charge is 0.245 e. The fourth-order valence-corrected chi connectivity index (χ4v) is 2.79. The molecule has 0 bridgehead atoms. The Morgan fingerprint density at radius 3 is 2.32 bits per heavy atom. The molecule has 0 radical (unpaired) electrons. The number of rotatable bonds is 2. The van der Waals surface area contributed by atoms with E-state index in [1.165, 1.54) is 24.0 Å². The molecule has 0 aromatic heterocycles. The summed E-state index contributed by atoms with van der Waals surface area (Å²) in [6.07, 6.45) is 4.64. The highest BCUT2D eigenvalue weighted by molar-refractivity contribution is 6.30. The predicted molar refractivity (Wildman–Crippen MR) is 79.6 cm³/mol. The van der Waals surface area contributed by atoms with Crippen molar-refractivity contribution in [3.63, 3.8) is 0 Å². The van der Waals surface area contributed by atoms with E-state index in [4.69, 9.17) is 11.6 Å². The van der Waals surface area contributed by atoms with Gasteiger partial charge in [-0.25, -0.2) is 0 Å². The molecule has 1 fully saturated rings. The van der Waals surface area contributed by atoms with Crippen LogP contribution in [-0.2, 0) is 4.79 Å². The molecule has 0 N–H and O–H groups in total. The molecule has 0 saturated carbocycles. The molecule has 0 spiro atoms. The lowest BCUT2D eigenvalue weighted by molar-refractivity contribution is -0.130. The number of carbonyl (C=O) groups is 1. The van der Waals surface area contributed by atoms with Gasteiger partial charge in [0.2, 0.25) is 5.91 Å². The monoisotopic (exact) mass is 279 g/mol. The third-order valence-corrected chi connectivity index (χ3v) is 4.40. The zero-order valence-corrected chi connectivity index (χ0v) is 12.5. The van der Waals surface area contributed by atoms with Gasteiger partial charge in [-0.15, -0.1) is 11.6 Å². The van der Waals surface area contributed by atoms with Crippen molar-refractivity contribution >= 4 is 17.5 Å². The number of amides is 1. The number of hydrogen-bond acceptors (Lipinski definition) is 1. The second-order valence-corrected chi connectivity index (χ2v) is 5.88. The Labute approximate surface area is 120 Å². The van der Waals surface area contributed by atoms with E-state index in [0.29, 0.717) is 0 Å². The first-order chi connectivity index (χ1) is 9.09. The first kappa shape index (κ1) is 14.4. The Balaban J connectivity index is 2.10. The van der Waals surface area contributed by atoms with Crippen LogP contribution >= 0.6 is 11.6 Å². The zero-order chi connectivity index (χ0) is 13.8. The summed E-state index contributed by atoms with van der Waals surface area (Å²) in [4.78, 5) is 14.4. The van der Waals surface area contributed by atoms with E-state index in [-0.39, 0.29) is 5.91 Å². The van der Waals surface area contributed by atoms with Crippen LogP contribution in [0, 0.1) is 13.8 Å². The number of halogens is 1. The maximum absolute atomic E-state index is 12.4. The molecular weight excluding hydrogens is 258 g/mol. The van der Waals surface area contributed by atoms with Crippen molar-refractivity contribution in [1.82, 2.24) is 4.90 Å². The van der Waals surface area contributed by atoms with Crippen LogP contribution in [0.1, 0.15) is 47.8 Å². The van der Waals surface area contributed by atoms with Gasteiger partial charge in [0.25, 0.3) is 0 Å². The summed E-state index contributed by atoms with van der Waals surface area (Å²) < 4.78 is 0. The highest BCUT2D eigenvalue weighted by atomic mass is 35.5. The average molecular weight is 280 g/mol. The SMILES string of the molecule is Cc1ccc(C(Cl)C(=O)N2CCCCCC2)cc1C. The molecule has 3 heteroatoms. The summed E-state index contributed by atoms with van der Waals surface area (Å²) in [5.74, 6) is 0.0619. The van der Waals surface area contributed by atoms with E-state index in [1.54, 1.807) is 0 Å². The Morgan fingerprint density at radius 2 is 1.74 bits per heavy atom. The van der Waals surface area contributed by atoms with Crippen molar-refractivity contribution < 1.29 is 4.79 Å².